The first kappa shape index (κ1) is 14.9. The van der Waals surface area contributed by atoms with E-state index < -0.39 is 0 Å². The molecule has 4 aliphatic rings. The number of rotatable bonds is 2. The van der Waals surface area contributed by atoms with Gasteiger partial charge in [0.05, 0.1) is 14.2 Å². The fourth-order valence-corrected chi connectivity index (χ4v) is 4.30. The number of fused-ring (bicyclic) bond motifs is 4. The van der Waals surface area contributed by atoms with Crippen LogP contribution in [0.1, 0.15) is 12.8 Å². The molecule has 1 aliphatic carbocycles. The third kappa shape index (κ3) is 2.19. The van der Waals surface area contributed by atoms with Crippen LogP contribution in [0.3, 0.4) is 0 Å². The molecule has 1 saturated heterocycles. The largest absolute Gasteiger partial charge is 0.493 e. The smallest absolute Gasteiger partial charge is 0.189 e. The third-order valence-corrected chi connectivity index (χ3v) is 5.57. The van der Waals surface area contributed by atoms with Crippen molar-refractivity contribution in [3.05, 3.63) is 45.7 Å². The molecule has 0 spiro atoms. The quantitative estimate of drug-likeness (QED) is 0.816. The van der Waals surface area contributed by atoms with Crippen molar-refractivity contribution in [2.24, 2.45) is 5.92 Å². The molecule has 2 atom stereocenters. The van der Waals surface area contributed by atoms with Crippen LogP contribution in [0.4, 0.5) is 0 Å². The summed E-state index contributed by atoms with van der Waals surface area (Å²) in [5.74, 6) is 3.06. The van der Waals surface area contributed by atoms with Gasteiger partial charge >= 0.3 is 0 Å². The first-order valence-corrected chi connectivity index (χ1v) is 8.70. The van der Waals surface area contributed by atoms with Gasteiger partial charge in [-0.25, -0.2) is 0 Å². The van der Waals surface area contributed by atoms with Gasteiger partial charge in [0.15, 0.2) is 18.3 Å². The van der Waals surface area contributed by atoms with E-state index in [1.807, 2.05) is 6.07 Å². The van der Waals surface area contributed by atoms with E-state index in [9.17, 15) is 0 Å². The molecule has 2 unspecified atom stereocenters. The molecule has 1 fully saturated rings. The molecule has 5 heteroatoms. The van der Waals surface area contributed by atoms with Crippen molar-refractivity contribution in [3.8, 4) is 11.5 Å². The van der Waals surface area contributed by atoms with Gasteiger partial charge in [0, 0.05) is 23.7 Å². The molecule has 3 heterocycles. The SMILES string of the molecule is COc1ccc2c(c1OC)=CN1CCC3CC4OCOC4=CC3=C1C=2. The molecular weight excluding hydrogens is 318 g/mol. The van der Waals surface area contributed by atoms with Crippen LogP contribution in [0.25, 0.3) is 12.3 Å². The lowest BCUT2D eigenvalue weighted by atomic mass is 9.80. The highest BCUT2D eigenvalue weighted by atomic mass is 16.7. The molecule has 0 bridgehead atoms. The number of methoxy groups -OCH3 is 2. The minimum Gasteiger partial charge on any atom is -0.493 e. The minimum atomic E-state index is 0.144. The topological polar surface area (TPSA) is 40.2 Å². The molecule has 3 aliphatic heterocycles. The van der Waals surface area contributed by atoms with E-state index in [0.29, 0.717) is 12.7 Å². The van der Waals surface area contributed by atoms with Crippen LogP contribution in [0.15, 0.2) is 35.2 Å². The Bertz CT molecular complexity index is 914. The molecule has 1 aromatic carbocycles. The maximum atomic E-state index is 5.68. The molecule has 130 valence electrons. The van der Waals surface area contributed by atoms with E-state index >= 15 is 0 Å². The summed E-state index contributed by atoms with van der Waals surface area (Å²) in [7, 11) is 3.36. The van der Waals surface area contributed by atoms with E-state index in [2.05, 4.69) is 29.3 Å². The lowest BCUT2D eigenvalue weighted by Crippen LogP contribution is -2.40. The Morgan fingerprint density at radius 1 is 1.16 bits per heavy atom. The number of benzene rings is 1. The average molecular weight is 339 g/mol. The number of nitrogens with zero attached hydrogens (tertiary/aromatic N) is 1. The summed E-state index contributed by atoms with van der Waals surface area (Å²) >= 11 is 0. The van der Waals surface area contributed by atoms with Gasteiger partial charge in [-0.1, -0.05) is 6.07 Å². The van der Waals surface area contributed by atoms with Crippen molar-refractivity contribution >= 4 is 12.3 Å². The predicted octanol–water partition coefficient (Wildman–Crippen LogP) is 1.47. The van der Waals surface area contributed by atoms with E-state index in [1.165, 1.54) is 11.3 Å². The zero-order valence-electron chi connectivity index (χ0n) is 14.5. The van der Waals surface area contributed by atoms with Crippen molar-refractivity contribution in [2.75, 3.05) is 27.6 Å². The second kappa shape index (κ2) is 5.56. The van der Waals surface area contributed by atoms with E-state index in [0.717, 1.165) is 47.1 Å². The van der Waals surface area contributed by atoms with Crippen LogP contribution in [0.2, 0.25) is 0 Å². The predicted molar refractivity (Wildman–Crippen MR) is 93.1 cm³/mol. The molecule has 0 N–H and O–H groups in total. The number of hydrogen-bond donors (Lipinski definition) is 0. The first-order valence-electron chi connectivity index (χ1n) is 8.70. The zero-order chi connectivity index (χ0) is 17.0. The molecule has 1 aromatic rings. The Morgan fingerprint density at radius 3 is 2.92 bits per heavy atom. The second-order valence-corrected chi connectivity index (χ2v) is 6.80. The number of hydrogen-bond acceptors (Lipinski definition) is 5. The van der Waals surface area contributed by atoms with E-state index in [1.54, 1.807) is 14.2 Å². The molecule has 25 heavy (non-hydrogen) atoms. The maximum absolute atomic E-state index is 5.68. The van der Waals surface area contributed by atoms with Gasteiger partial charge in [0.25, 0.3) is 0 Å². The molecule has 5 rings (SSSR count). The van der Waals surface area contributed by atoms with Gasteiger partial charge < -0.3 is 23.8 Å². The normalized spacial score (nSPS) is 26.2. The van der Waals surface area contributed by atoms with Crippen LogP contribution < -0.4 is 19.9 Å². The number of allylic oxidation sites excluding steroid dienone is 3. The Morgan fingerprint density at radius 2 is 2.08 bits per heavy atom. The van der Waals surface area contributed by atoms with Crippen LogP contribution >= 0.6 is 0 Å². The standard InChI is InChI=1S/C20H21NO4/c1-22-17-4-3-12-7-16-14-9-19-18(24-11-25-19)8-13(14)5-6-21(16)10-15(12)20(17)23-2/h3-4,7,9-10,13,18H,5-6,8,11H2,1-2H3. The molecule has 0 amide bonds. The van der Waals surface area contributed by atoms with E-state index in [-0.39, 0.29) is 6.10 Å². The average Bonchev–Trinajstić information content (AvgIpc) is 3.11. The van der Waals surface area contributed by atoms with Gasteiger partial charge in [-0.15, -0.1) is 0 Å². The Labute approximate surface area is 146 Å². The molecule has 0 aromatic heterocycles. The zero-order valence-corrected chi connectivity index (χ0v) is 14.5. The summed E-state index contributed by atoms with van der Waals surface area (Å²) in [4.78, 5) is 2.32. The van der Waals surface area contributed by atoms with Crippen molar-refractivity contribution in [1.82, 2.24) is 4.90 Å². The van der Waals surface area contributed by atoms with Crippen molar-refractivity contribution in [1.29, 1.82) is 0 Å². The van der Waals surface area contributed by atoms with Crippen LogP contribution in [-0.2, 0) is 9.47 Å². The maximum Gasteiger partial charge on any atom is 0.189 e. The highest BCUT2D eigenvalue weighted by Crippen LogP contribution is 2.41. The summed E-state index contributed by atoms with van der Waals surface area (Å²) in [6, 6.07) is 4.06. The Kier molecular flexibility index (Phi) is 3.31. The summed E-state index contributed by atoms with van der Waals surface area (Å²) in [5.41, 5.74) is 2.62. The van der Waals surface area contributed by atoms with Crippen molar-refractivity contribution in [2.45, 2.75) is 18.9 Å². The Hall–Kier alpha value is -2.40. The summed E-state index contributed by atoms with van der Waals surface area (Å²) in [5, 5.41) is 2.23. The summed E-state index contributed by atoms with van der Waals surface area (Å²) < 4.78 is 22.4. The lowest BCUT2D eigenvalue weighted by molar-refractivity contribution is 0.0429. The van der Waals surface area contributed by atoms with E-state index in [4.69, 9.17) is 18.9 Å². The van der Waals surface area contributed by atoms with Crippen molar-refractivity contribution in [3.63, 3.8) is 0 Å². The van der Waals surface area contributed by atoms with Crippen molar-refractivity contribution < 1.29 is 18.9 Å². The Balaban J connectivity index is 1.71. The van der Waals surface area contributed by atoms with Gasteiger partial charge in [-0.3, -0.25) is 0 Å². The van der Waals surface area contributed by atoms with Crippen LogP contribution in [0.5, 0.6) is 11.5 Å². The van der Waals surface area contributed by atoms with Gasteiger partial charge in [0.1, 0.15) is 11.9 Å². The summed E-state index contributed by atoms with van der Waals surface area (Å²) in [6.45, 7) is 1.38. The minimum absolute atomic E-state index is 0.144. The fourth-order valence-electron chi connectivity index (χ4n) is 4.30. The fraction of sp³-hybridized carbons (Fsp3) is 0.400. The van der Waals surface area contributed by atoms with Crippen LogP contribution in [0, 0.1) is 5.92 Å². The molecular formula is C20H21NO4. The second-order valence-electron chi connectivity index (χ2n) is 6.80. The molecule has 0 radical (unpaired) electrons. The summed E-state index contributed by atoms with van der Waals surface area (Å²) in [6.07, 6.45) is 8.92. The number of ether oxygens (including phenoxy) is 4. The monoisotopic (exact) mass is 339 g/mol. The van der Waals surface area contributed by atoms with Gasteiger partial charge in [-0.05, 0) is 47.8 Å². The first-order chi connectivity index (χ1) is 12.3. The van der Waals surface area contributed by atoms with Crippen LogP contribution in [-0.4, -0.2) is 38.6 Å². The molecule has 0 saturated carbocycles. The highest BCUT2D eigenvalue weighted by Gasteiger charge is 2.37. The third-order valence-electron chi connectivity index (χ3n) is 5.57. The van der Waals surface area contributed by atoms with Gasteiger partial charge in [-0.2, -0.15) is 0 Å². The molecule has 5 nitrogen and oxygen atoms in total. The lowest BCUT2D eigenvalue weighted by Gasteiger charge is -2.38. The van der Waals surface area contributed by atoms with Gasteiger partial charge in [0.2, 0.25) is 0 Å². The highest BCUT2D eigenvalue weighted by molar-refractivity contribution is 5.62.